The average Bonchev–Trinajstić information content (AvgIpc) is 3.11. The number of Topliss-reactive ketones (excluding diaryl/α,β-unsaturated/α-hetero) is 1. The lowest BCUT2D eigenvalue weighted by molar-refractivity contribution is -0.137. The smallest absolute Gasteiger partial charge is 0.416 e. The fourth-order valence-electron chi connectivity index (χ4n) is 3.81. The Balaban J connectivity index is 1.69. The summed E-state index contributed by atoms with van der Waals surface area (Å²) in [6, 6.07) is 3.73. The summed E-state index contributed by atoms with van der Waals surface area (Å²) < 4.78 is 44.6. The third-order valence-electron chi connectivity index (χ3n) is 5.36. The standard InChI is InChI=1S/C25H30F3N3O3/c1-15-8-9-18-19(12-15)30-22(29-18)11-10-21(32)20(31-23(33)34-24(2,3)4)14-16-6-5-7-17(13-16)25(26,27)28/h5-9,12-13,18,20,22,29H,10-11,14H2,1-4H3,(H,31,33)/t18?,20-,22?/m1/s1. The highest BCUT2D eigenvalue weighted by atomic mass is 19.4. The van der Waals surface area contributed by atoms with Crippen molar-refractivity contribution >= 4 is 17.6 Å². The van der Waals surface area contributed by atoms with Gasteiger partial charge < -0.3 is 10.1 Å². The van der Waals surface area contributed by atoms with Gasteiger partial charge >= 0.3 is 12.3 Å². The summed E-state index contributed by atoms with van der Waals surface area (Å²) in [5, 5.41) is 5.87. The Hall–Kier alpha value is -2.94. The summed E-state index contributed by atoms with van der Waals surface area (Å²) in [5.74, 6) is -0.303. The predicted octanol–water partition coefficient (Wildman–Crippen LogP) is 4.75. The van der Waals surface area contributed by atoms with Gasteiger partial charge in [-0.2, -0.15) is 13.2 Å². The maximum atomic E-state index is 13.1. The molecule has 2 unspecified atom stereocenters. The van der Waals surface area contributed by atoms with Gasteiger partial charge in [0.15, 0.2) is 5.78 Å². The Labute approximate surface area is 197 Å². The minimum atomic E-state index is -4.50. The number of fused-ring (bicyclic) bond motifs is 1. The molecule has 6 nitrogen and oxygen atoms in total. The largest absolute Gasteiger partial charge is 0.444 e. The van der Waals surface area contributed by atoms with E-state index in [-0.39, 0.29) is 30.8 Å². The van der Waals surface area contributed by atoms with E-state index in [2.05, 4.69) is 15.6 Å². The van der Waals surface area contributed by atoms with E-state index in [0.29, 0.717) is 12.0 Å². The second-order valence-corrected chi connectivity index (χ2v) is 9.57. The van der Waals surface area contributed by atoms with Gasteiger partial charge in [-0.05, 0) is 63.8 Å². The second kappa shape index (κ2) is 10.1. The van der Waals surface area contributed by atoms with Crippen LogP contribution in [0.4, 0.5) is 18.0 Å². The Kier molecular flexibility index (Phi) is 7.65. The van der Waals surface area contributed by atoms with Gasteiger partial charge in [0.1, 0.15) is 11.8 Å². The molecule has 0 radical (unpaired) electrons. The molecule has 34 heavy (non-hydrogen) atoms. The molecular weight excluding hydrogens is 447 g/mol. The highest BCUT2D eigenvalue weighted by Crippen LogP contribution is 2.30. The van der Waals surface area contributed by atoms with Gasteiger partial charge in [0.05, 0.1) is 23.4 Å². The topological polar surface area (TPSA) is 79.8 Å². The van der Waals surface area contributed by atoms with Crippen molar-refractivity contribution in [1.82, 2.24) is 10.6 Å². The number of hydrogen-bond donors (Lipinski definition) is 2. The Bertz CT molecular complexity index is 1020. The van der Waals surface area contributed by atoms with Gasteiger partial charge in [-0.1, -0.05) is 30.4 Å². The number of ketones is 1. The molecule has 1 aliphatic heterocycles. The quantitative estimate of drug-likeness (QED) is 0.594. The number of alkyl carbamates (subject to hydrolysis) is 1. The number of aliphatic imine (C=N–C) groups is 1. The monoisotopic (exact) mass is 477 g/mol. The molecule has 0 spiro atoms. The second-order valence-electron chi connectivity index (χ2n) is 9.57. The van der Waals surface area contributed by atoms with Crippen molar-refractivity contribution in [3.63, 3.8) is 0 Å². The van der Waals surface area contributed by atoms with Gasteiger partial charge in [0.25, 0.3) is 0 Å². The van der Waals surface area contributed by atoms with Crippen molar-refractivity contribution in [1.29, 1.82) is 0 Å². The lowest BCUT2D eigenvalue weighted by atomic mass is 9.98. The van der Waals surface area contributed by atoms with E-state index >= 15 is 0 Å². The van der Waals surface area contributed by atoms with Gasteiger partial charge in [0.2, 0.25) is 0 Å². The zero-order valence-corrected chi connectivity index (χ0v) is 19.7. The van der Waals surface area contributed by atoms with Crippen LogP contribution in [0.1, 0.15) is 51.7 Å². The van der Waals surface area contributed by atoms with Crippen molar-refractivity contribution in [2.24, 2.45) is 4.99 Å². The van der Waals surface area contributed by atoms with Crippen molar-refractivity contribution in [2.45, 2.75) is 77.0 Å². The van der Waals surface area contributed by atoms with Crippen LogP contribution in [0.2, 0.25) is 0 Å². The number of nitrogens with zero attached hydrogens (tertiary/aromatic N) is 1. The van der Waals surface area contributed by atoms with Crippen LogP contribution in [-0.4, -0.2) is 41.4 Å². The molecule has 0 aromatic heterocycles. The predicted molar refractivity (Wildman–Crippen MR) is 124 cm³/mol. The molecule has 2 N–H and O–H groups in total. The molecule has 9 heteroatoms. The molecular formula is C25H30F3N3O3. The first-order valence-corrected chi connectivity index (χ1v) is 11.2. The first-order valence-electron chi connectivity index (χ1n) is 11.2. The highest BCUT2D eigenvalue weighted by molar-refractivity contribution is 6.03. The van der Waals surface area contributed by atoms with Crippen LogP contribution in [0.3, 0.4) is 0 Å². The number of hydrogen-bond acceptors (Lipinski definition) is 5. The first-order chi connectivity index (χ1) is 15.8. The first kappa shape index (κ1) is 25.7. The molecule has 1 aliphatic carbocycles. The zero-order valence-electron chi connectivity index (χ0n) is 19.7. The number of amides is 1. The Morgan fingerprint density at radius 1 is 1.24 bits per heavy atom. The molecule has 0 saturated heterocycles. The number of nitrogens with one attached hydrogen (secondary N) is 2. The molecule has 0 fully saturated rings. The maximum absolute atomic E-state index is 13.1. The van der Waals surface area contributed by atoms with Gasteiger partial charge in [-0.3, -0.25) is 15.1 Å². The van der Waals surface area contributed by atoms with Crippen LogP contribution in [0, 0.1) is 0 Å². The molecule has 1 amide bonds. The van der Waals surface area contributed by atoms with E-state index < -0.39 is 29.5 Å². The van der Waals surface area contributed by atoms with Crippen molar-refractivity contribution in [3.05, 3.63) is 59.2 Å². The summed E-state index contributed by atoms with van der Waals surface area (Å²) in [6.45, 7) is 7.04. The van der Waals surface area contributed by atoms with Crippen LogP contribution in [0.5, 0.6) is 0 Å². The molecule has 0 bridgehead atoms. The number of allylic oxidation sites excluding steroid dienone is 2. The molecule has 1 heterocycles. The van der Waals surface area contributed by atoms with Crippen LogP contribution in [0.15, 0.2) is 53.1 Å². The lowest BCUT2D eigenvalue weighted by Crippen LogP contribution is -2.45. The number of ether oxygens (including phenoxy) is 1. The van der Waals surface area contributed by atoms with Gasteiger partial charge in [0, 0.05) is 6.42 Å². The van der Waals surface area contributed by atoms with Crippen molar-refractivity contribution in [3.8, 4) is 0 Å². The summed E-state index contributed by atoms with van der Waals surface area (Å²) >= 11 is 0. The zero-order chi connectivity index (χ0) is 25.1. The Morgan fingerprint density at radius 2 is 1.97 bits per heavy atom. The Morgan fingerprint density at radius 3 is 2.65 bits per heavy atom. The van der Waals surface area contributed by atoms with E-state index in [4.69, 9.17) is 4.74 Å². The molecule has 0 saturated carbocycles. The maximum Gasteiger partial charge on any atom is 0.416 e. The molecule has 3 atom stereocenters. The van der Waals surface area contributed by atoms with E-state index in [9.17, 15) is 22.8 Å². The number of benzene rings is 1. The van der Waals surface area contributed by atoms with E-state index in [0.717, 1.165) is 23.4 Å². The number of rotatable bonds is 7. The highest BCUT2D eigenvalue weighted by Gasteiger charge is 2.32. The van der Waals surface area contributed by atoms with Crippen molar-refractivity contribution in [2.75, 3.05) is 0 Å². The summed E-state index contributed by atoms with van der Waals surface area (Å²) in [7, 11) is 0. The average molecular weight is 478 g/mol. The summed E-state index contributed by atoms with van der Waals surface area (Å²) in [6.07, 6.45) is 0.847. The summed E-state index contributed by atoms with van der Waals surface area (Å²) in [5.41, 5.74) is 0.701. The number of halogens is 3. The molecule has 2 aliphatic rings. The van der Waals surface area contributed by atoms with Crippen LogP contribution >= 0.6 is 0 Å². The molecule has 1 aromatic carbocycles. The third kappa shape index (κ3) is 7.28. The van der Waals surface area contributed by atoms with Gasteiger partial charge in [-0.25, -0.2) is 4.79 Å². The van der Waals surface area contributed by atoms with Gasteiger partial charge in [-0.15, -0.1) is 0 Å². The minimum Gasteiger partial charge on any atom is -0.444 e. The number of alkyl halides is 3. The fourth-order valence-corrected chi connectivity index (χ4v) is 3.81. The van der Waals surface area contributed by atoms with Crippen LogP contribution < -0.4 is 10.6 Å². The molecule has 184 valence electrons. The fraction of sp³-hybridized carbons (Fsp3) is 0.480. The third-order valence-corrected chi connectivity index (χ3v) is 5.36. The summed E-state index contributed by atoms with van der Waals surface area (Å²) in [4.78, 5) is 30.0. The lowest BCUT2D eigenvalue weighted by Gasteiger charge is -2.23. The van der Waals surface area contributed by atoms with E-state index in [1.807, 2.05) is 25.2 Å². The SMILES string of the molecule is CC1=CC2=NC(CCC(=O)[C@@H](Cc3cccc(C(F)(F)F)c3)NC(=O)OC(C)(C)C)NC2C=C1. The molecule has 1 aromatic rings. The van der Waals surface area contributed by atoms with E-state index in [1.54, 1.807) is 20.8 Å². The van der Waals surface area contributed by atoms with Crippen LogP contribution in [-0.2, 0) is 22.1 Å². The van der Waals surface area contributed by atoms with Crippen molar-refractivity contribution < 1.29 is 27.5 Å². The number of carbonyl (C=O) groups excluding carboxylic acids is 2. The van der Waals surface area contributed by atoms with Crippen LogP contribution in [0.25, 0.3) is 0 Å². The normalized spacial score (nSPS) is 20.8. The van der Waals surface area contributed by atoms with E-state index in [1.165, 1.54) is 12.1 Å². The minimum absolute atomic E-state index is 0.00426. The molecule has 3 rings (SSSR count). The number of carbonyl (C=O) groups is 2.